The van der Waals surface area contributed by atoms with E-state index in [0.29, 0.717) is 5.69 Å². The van der Waals surface area contributed by atoms with Gasteiger partial charge in [0, 0.05) is 0 Å². The number of aryl methyl sites for hydroxylation is 3. The highest BCUT2D eigenvalue weighted by Crippen LogP contribution is 2.25. The minimum Gasteiger partial charge on any atom is -0.348 e. The third-order valence-electron chi connectivity index (χ3n) is 5.01. The normalized spacial score (nSPS) is 14.5. The van der Waals surface area contributed by atoms with Crippen LogP contribution >= 0.6 is 0 Å². The van der Waals surface area contributed by atoms with Crippen molar-refractivity contribution < 1.29 is 13.2 Å². The minimum absolute atomic E-state index is 0.178. The maximum absolute atomic E-state index is 12.5. The van der Waals surface area contributed by atoms with Crippen molar-refractivity contribution >= 4 is 21.6 Å². The second-order valence-corrected chi connectivity index (χ2v) is 9.18. The number of nitrogens with zero attached hydrogens (tertiary/aromatic N) is 1. The lowest BCUT2D eigenvalue weighted by molar-refractivity contribution is -0.120. The van der Waals surface area contributed by atoms with Gasteiger partial charge < -0.3 is 5.32 Å². The Bertz CT molecular complexity index is 936. The number of hydrogen-bond donors (Lipinski definition) is 1. The van der Waals surface area contributed by atoms with E-state index < -0.39 is 10.0 Å². The summed E-state index contributed by atoms with van der Waals surface area (Å²) >= 11 is 0. The van der Waals surface area contributed by atoms with Crippen LogP contribution in [-0.2, 0) is 27.7 Å². The number of hydrogen-bond acceptors (Lipinski definition) is 3. The zero-order valence-corrected chi connectivity index (χ0v) is 16.8. The molecule has 0 fully saturated rings. The molecule has 6 heteroatoms. The van der Waals surface area contributed by atoms with Gasteiger partial charge in [0.2, 0.25) is 15.9 Å². The second kappa shape index (κ2) is 7.72. The maximum Gasteiger partial charge on any atom is 0.241 e. The van der Waals surface area contributed by atoms with E-state index in [9.17, 15) is 13.2 Å². The molecule has 0 saturated carbocycles. The van der Waals surface area contributed by atoms with Crippen molar-refractivity contribution in [1.29, 1.82) is 0 Å². The lowest BCUT2D eigenvalue weighted by atomic mass is 10.0. The highest BCUT2D eigenvalue weighted by Gasteiger charge is 2.22. The zero-order valence-electron chi connectivity index (χ0n) is 16.0. The Hall–Kier alpha value is -2.34. The molecule has 1 N–H and O–H groups in total. The van der Waals surface area contributed by atoms with Crippen LogP contribution in [0.2, 0.25) is 0 Å². The van der Waals surface area contributed by atoms with Crippen molar-refractivity contribution in [2.45, 2.75) is 39.2 Å². The lowest BCUT2D eigenvalue weighted by Crippen LogP contribution is -2.41. The number of nitrogens with one attached hydrogen (secondary N) is 1. The Morgan fingerprint density at radius 3 is 2.44 bits per heavy atom. The molecule has 0 spiro atoms. The van der Waals surface area contributed by atoms with E-state index in [1.165, 1.54) is 17.5 Å². The summed E-state index contributed by atoms with van der Waals surface area (Å²) in [6.45, 7) is 3.61. The molecule has 2 aromatic rings. The molecule has 0 heterocycles. The van der Waals surface area contributed by atoms with Crippen LogP contribution in [0, 0.1) is 6.92 Å². The number of fused-ring (bicyclic) bond motifs is 1. The number of amides is 1. The Morgan fingerprint density at radius 2 is 1.78 bits per heavy atom. The van der Waals surface area contributed by atoms with Crippen molar-refractivity contribution in [3.8, 4) is 0 Å². The van der Waals surface area contributed by atoms with Crippen molar-refractivity contribution in [2.75, 3.05) is 17.1 Å². The first kappa shape index (κ1) is 19.4. The first-order valence-corrected chi connectivity index (χ1v) is 11.0. The molecule has 0 unspecified atom stereocenters. The van der Waals surface area contributed by atoms with Gasteiger partial charge >= 0.3 is 0 Å². The molecule has 5 nitrogen and oxygen atoms in total. The van der Waals surface area contributed by atoms with Gasteiger partial charge in [0.1, 0.15) is 6.54 Å². The molecule has 0 aliphatic heterocycles. The third-order valence-corrected chi connectivity index (χ3v) is 6.15. The Kier molecular flexibility index (Phi) is 5.56. The lowest BCUT2D eigenvalue weighted by Gasteiger charge is -2.23. The van der Waals surface area contributed by atoms with E-state index >= 15 is 0 Å². The SMILES string of the molecule is Cc1ccc(N(CC(=O)N[C@@H](C)c2ccc3c(c2)CCC3)S(C)(=O)=O)cc1. The van der Waals surface area contributed by atoms with Gasteiger partial charge in [-0.25, -0.2) is 8.42 Å². The van der Waals surface area contributed by atoms with Gasteiger partial charge in [0.15, 0.2) is 0 Å². The van der Waals surface area contributed by atoms with E-state index in [1.54, 1.807) is 12.1 Å². The van der Waals surface area contributed by atoms with E-state index in [1.807, 2.05) is 32.0 Å². The van der Waals surface area contributed by atoms with Gasteiger partial charge in [-0.05, 0) is 61.9 Å². The van der Waals surface area contributed by atoms with Gasteiger partial charge in [-0.3, -0.25) is 9.10 Å². The molecule has 2 aromatic carbocycles. The number of carbonyl (C=O) groups excluding carboxylic acids is 1. The van der Waals surface area contributed by atoms with E-state index in [2.05, 4.69) is 17.4 Å². The van der Waals surface area contributed by atoms with Crippen LogP contribution in [0.3, 0.4) is 0 Å². The molecule has 0 saturated heterocycles. The Labute approximate surface area is 161 Å². The quantitative estimate of drug-likeness (QED) is 0.829. The van der Waals surface area contributed by atoms with Crippen LogP contribution in [-0.4, -0.2) is 27.1 Å². The molecule has 144 valence electrons. The van der Waals surface area contributed by atoms with Crippen molar-refractivity contribution in [2.24, 2.45) is 0 Å². The highest BCUT2D eigenvalue weighted by molar-refractivity contribution is 7.92. The summed E-state index contributed by atoms with van der Waals surface area (Å²) in [6, 6.07) is 13.3. The third kappa shape index (κ3) is 4.69. The number of carbonyl (C=O) groups is 1. The molecule has 0 aromatic heterocycles. The maximum atomic E-state index is 12.5. The van der Waals surface area contributed by atoms with E-state index in [0.717, 1.165) is 34.5 Å². The molecule has 3 rings (SSSR count). The summed E-state index contributed by atoms with van der Waals surface area (Å²) in [5.74, 6) is -0.325. The predicted octanol–water partition coefficient (Wildman–Crippen LogP) is 3.13. The average molecular weight is 387 g/mol. The summed E-state index contributed by atoms with van der Waals surface area (Å²) in [4.78, 5) is 12.5. The minimum atomic E-state index is -3.56. The summed E-state index contributed by atoms with van der Waals surface area (Å²) in [5, 5.41) is 2.93. The fourth-order valence-corrected chi connectivity index (χ4v) is 4.33. The first-order chi connectivity index (χ1) is 12.7. The smallest absolute Gasteiger partial charge is 0.241 e. The predicted molar refractivity (Wildman–Crippen MR) is 108 cm³/mol. The van der Waals surface area contributed by atoms with Crippen LogP contribution in [0.4, 0.5) is 5.69 Å². The van der Waals surface area contributed by atoms with Gasteiger partial charge in [-0.1, -0.05) is 35.9 Å². The molecule has 1 amide bonds. The Balaban J connectivity index is 1.71. The first-order valence-electron chi connectivity index (χ1n) is 9.19. The standard InChI is InChI=1S/C21H26N2O3S/c1-15-7-11-20(12-8-15)23(27(3,25)26)14-21(24)22-16(2)18-10-9-17-5-4-6-19(17)13-18/h7-13,16H,4-6,14H2,1-3H3,(H,22,24)/t16-/m0/s1. The number of rotatable bonds is 6. The van der Waals surface area contributed by atoms with Crippen molar-refractivity contribution in [1.82, 2.24) is 5.32 Å². The largest absolute Gasteiger partial charge is 0.348 e. The van der Waals surface area contributed by atoms with Crippen molar-refractivity contribution in [3.63, 3.8) is 0 Å². The molecule has 0 radical (unpaired) electrons. The Morgan fingerprint density at radius 1 is 1.11 bits per heavy atom. The molecular weight excluding hydrogens is 360 g/mol. The van der Waals surface area contributed by atoms with Gasteiger partial charge in [-0.2, -0.15) is 0 Å². The van der Waals surface area contributed by atoms with E-state index in [-0.39, 0.29) is 18.5 Å². The van der Waals surface area contributed by atoms with Gasteiger partial charge in [0.05, 0.1) is 18.0 Å². The van der Waals surface area contributed by atoms with Crippen LogP contribution in [0.15, 0.2) is 42.5 Å². The van der Waals surface area contributed by atoms with Crippen LogP contribution in [0.1, 0.15) is 41.6 Å². The van der Waals surface area contributed by atoms with Crippen LogP contribution in [0.5, 0.6) is 0 Å². The highest BCUT2D eigenvalue weighted by atomic mass is 32.2. The van der Waals surface area contributed by atoms with Gasteiger partial charge in [-0.15, -0.1) is 0 Å². The molecule has 27 heavy (non-hydrogen) atoms. The fraction of sp³-hybridized carbons (Fsp3) is 0.381. The topological polar surface area (TPSA) is 66.5 Å². The number of benzene rings is 2. The number of anilines is 1. The monoisotopic (exact) mass is 386 g/mol. The molecule has 1 atom stereocenters. The number of sulfonamides is 1. The van der Waals surface area contributed by atoms with Gasteiger partial charge in [0.25, 0.3) is 0 Å². The van der Waals surface area contributed by atoms with Crippen LogP contribution in [0.25, 0.3) is 0 Å². The van der Waals surface area contributed by atoms with Crippen LogP contribution < -0.4 is 9.62 Å². The molecule has 1 aliphatic rings. The summed E-state index contributed by atoms with van der Waals surface area (Å²) in [7, 11) is -3.56. The molecule has 1 aliphatic carbocycles. The van der Waals surface area contributed by atoms with E-state index in [4.69, 9.17) is 0 Å². The summed E-state index contributed by atoms with van der Waals surface area (Å²) in [5.41, 5.74) is 5.31. The zero-order chi connectivity index (χ0) is 19.6. The van der Waals surface area contributed by atoms with Crippen molar-refractivity contribution in [3.05, 3.63) is 64.7 Å². The molecular formula is C21H26N2O3S. The second-order valence-electron chi connectivity index (χ2n) is 7.28. The summed E-state index contributed by atoms with van der Waals surface area (Å²) in [6.07, 6.45) is 4.50. The molecule has 0 bridgehead atoms. The average Bonchev–Trinajstić information content (AvgIpc) is 3.07. The fourth-order valence-electron chi connectivity index (χ4n) is 3.47. The summed E-state index contributed by atoms with van der Waals surface area (Å²) < 4.78 is 25.5.